The van der Waals surface area contributed by atoms with Crippen molar-refractivity contribution in [2.45, 2.75) is 20.4 Å². The zero-order chi connectivity index (χ0) is 21.0. The lowest BCUT2D eigenvalue weighted by Gasteiger charge is -2.46. The van der Waals surface area contributed by atoms with E-state index in [-0.39, 0.29) is 0 Å². The third-order valence-electron chi connectivity index (χ3n) is 5.88. The lowest BCUT2D eigenvalue weighted by atomic mass is 9.84. The van der Waals surface area contributed by atoms with Crippen molar-refractivity contribution in [3.8, 4) is 11.3 Å². The molecule has 6 rings (SSSR count). The SMILES string of the molecule is CC1(C)CN(c2ccc(Nc3nc(-c4ccc5c(c4)CN=C5)cn4ccnc34)cn2)C1. The summed E-state index contributed by atoms with van der Waals surface area (Å²) in [6.45, 7) is 7.37. The Morgan fingerprint density at radius 3 is 2.77 bits per heavy atom. The molecular weight excluding hydrogens is 386 g/mol. The maximum atomic E-state index is 4.89. The van der Waals surface area contributed by atoms with E-state index in [0.29, 0.717) is 11.2 Å². The number of rotatable bonds is 4. The van der Waals surface area contributed by atoms with Gasteiger partial charge in [-0.1, -0.05) is 26.0 Å². The summed E-state index contributed by atoms with van der Waals surface area (Å²) in [7, 11) is 0. The topological polar surface area (TPSA) is 70.7 Å². The van der Waals surface area contributed by atoms with E-state index >= 15 is 0 Å². The number of fused-ring (bicyclic) bond motifs is 2. The number of aliphatic imine (C=N–C) groups is 1. The fourth-order valence-corrected chi connectivity index (χ4v) is 4.36. The molecule has 0 amide bonds. The molecule has 2 aliphatic heterocycles. The minimum absolute atomic E-state index is 0.374. The Labute approximate surface area is 180 Å². The molecule has 0 radical (unpaired) electrons. The molecule has 1 saturated heterocycles. The van der Waals surface area contributed by atoms with Gasteiger partial charge in [-0.3, -0.25) is 4.99 Å². The highest BCUT2D eigenvalue weighted by atomic mass is 15.3. The highest BCUT2D eigenvalue weighted by molar-refractivity contribution is 5.86. The largest absolute Gasteiger partial charge is 0.355 e. The van der Waals surface area contributed by atoms with E-state index in [4.69, 9.17) is 4.98 Å². The van der Waals surface area contributed by atoms with E-state index in [9.17, 15) is 0 Å². The molecule has 2 aliphatic rings. The van der Waals surface area contributed by atoms with Crippen molar-refractivity contribution in [3.05, 3.63) is 66.2 Å². The van der Waals surface area contributed by atoms with Gasteiger partial charge in [0.25, 0.3) is 0 Å². The van der Waals surface area contributed by atoms with Gasteiger partial charge in [0.1, 0.15) is 5.82 Å². The zero-order valence-corrected chi connectivity index (χ0v) is 17.6. The van der Waals surface area contributed by atoms with Crippen LogP contribution in [0, 0.1) is 5.41 Å². The molecule has 0 unspecified atom stereocenters. The van der Waals surface area contributed by atoms with Crippen molar-refractivity contribution in [2.75, 3.05) is 23.3 Å². The van der Waals surface area contributed by atoms with E-state index in [1.54, 1.807) is 6.20 Å². The summed E-state index contributed by atoms with van der Waals surface area (Å²) in [6, 6.07) is 10.5. The first-order chi connectivity index (χ1) is 15.0. The molecule has 7 nitrogen and oxygen atoms in total. The molecule has 0 bridgehead atoms. The maximum Gasteiger partial charge on any atom is 0.180 e. The van der Waals surface area contributed by atoms with Crippen LogP contribution in [-0.2, 0) is 6.54 Å². The number of benzene rings is 1. The predicted octanol–water partition coefficient (Wildman–Crippen LogP) is 4.31. The number of hydrogen-bond acceptors (Lipinski definition) is 6. The smallest absolute Gasteiger partial charge is 0.180 e. The molecule has 1 fully saturated rings. The molecule has 5 heterocycles. The highest BCUT2D eigenvalue weighted by Gasteiger charge is 2.34. The average molecular weight is 409 g/mol. The van der Waals surface area contributed by atoms with Crippen LogP contribution in [-0.4, -0.2) is 38.7 Å². The number of pyridine rings is 1. The zero-order valence-electron chi connectivity index (χ0n) is 17.6. The van der Waals surface area contributed by atoms with Crippen LogP contribution in [0.15, 0.2) is 60.1 Å². The van der Waals surface area contributed by atoms with Crippen molar-refractivity contribution < 1.29 is 0 Å². The van der Waals surface area contributed by atoms with Gasteiger partial charge >= 0.3 is 0 Å². The molecule has 154 valence electrons. The first kappa shape index (κ1) is 18.1. The van der Waals surface area contributed by atoms with E-state index < -0.39 is 0 Å². The fraction of sp³-hybridized carbons (Fsp3) is 0.250. The van der Waals surface area contributed by atoms with Gasteiger partial charge in [0.15, 0.2) is 11.5 Å². The Hall–Kier alpha value is -3.74. The van der Waals surface area contributed by atoms with Crippen LogP contribution in [0.2, 0.25) is 0 Å². The Morgan fingerprint density at radius 2 is 1.97 bits per heavy atom. The second-order valence-corrected chi connectivity index (χ2v) is 9.07. The summed E-state index contributed by atoms with van der Waals surface area (Å²) < 4.78 is 2.00. The molecule has 0 saturated carbocycles. The van der Waals surface area contributed by atoms with Gasteiger partial charge in [0, 0.05) is 43.5 Å². The van der Waals surface area contributed by atoms with Gasteiger partial charge in [-0.05, 0) is 34.7 Å². The van der Waals surface area contributed by atoms with E-state index in [0.717, 1.165) is 48.0 Å². The summed E-state index contributed by atoms with van der Waals surface area (Å²) in [4.78, 5) is 20.7. The van der Waals surface area contributed by atoms with Crippen molar-refractivity contribution in [3.63, 3.8) is 0 Å². The van der Waals surface area contributed by atoms with Crippen LogP contribution in [0.4, 0.5) is 17.3 Å². The molecule has 3 aromatic heterocycles. The van der Waals surface area contributed by atoms with Gasteiger partial charge in [0.05, 0.1) is 24.1 Å². The van der Waals surface area contributed by atoms with E-state index in [1.165, 1.54) is 11.1 Å². The van der Waals surface area contributed by atoms with Gasteiger partial charge in [0.2, 0.25) is 0 Å². The molecule has 0 atom stereocenters. The minimum Gasteiger partial charge on any atom is -0.355 e. The van der Waals surface area contributed by atoms with Crippen LogP contribution in [0.3, 0.4) is 0 Å². The summed E-state index contributed by atoms with van der Waals surface area (Å²) in [5.41, 5.74) is 6.41. The van der Waals surface area contributed by atoms with Gasteiger partial charge < -0.3 is 14.6 Å². The first-order valence-corrected chi connectivity index (χ1v) is 10.5. The molecule has 0 spiro atoms. The third-order valence-corrected chi connectivity index (χ3v) is 5.88. The van der Waals surface area contributed by atoms with Crippen LogP contribution < -0.4 is 10.2 Å². The van der Waals surface area contributed by atoms with E-state index in [1.807, 2.05) is 35.3 Å². The van der Waals surface area contributed by atoms with Crippen molar-refractivity contribution in [1.82, 2.24) is 19.4 Å². The lowest BCUT2D eigenvalue weighted by Crippen LogP contribution is -2.53. The second kappa shape index (κ2) is 6.63. The molecule has 0 aliphatic carbocycles. The standard InChI is InChI=1S/C24H23N7/c1-24(2)14-31(15-24)21-6-5-19(12-27-21)28-22-23-26-7-8-30(23)13-20(29-22)16-3-4-17-10-25-11-18(17)9-16/h3-10,12-13H,11,14-15H2,1-2H3,(H,28,29). The fourth-order valence-electron chi connectivity index (χ4n) is 4.36. The quantitative estimate of drug-likeness (QED) is 0.544. The first-order valence-electron chi connectivity index (χ1n) is 10.5. The number of nitrogens with zero attached hydrogens (tertiary/aromatic N) is 6. The van der Waals surface area contributed by atoms with Crippen LogP contribution >= 0.6 is 0 Å². The third kappa shape index (κ3) is 3.22. The highest BCUT2D eigenvalue weighted by Crippen LogP contribution is 2.33. The summed E-state index contributed by atoms with van der Waals surface area (Å²) in [6.07, 6.45) is 9.53. The van der Waals surface area contributed by atoms with Gasteiger partial charge in [-0.2, -0.15) is 0 Å². The van der Waals surface area contributed by atoms with Crippen molar-refractivity contribution in [2.24, 2.45) is 10.4 Å². The number of anilines is 3. The van der Waals surface area contributed by atoms with Crippen LogP contribution in [0.1, 0.15) is 25.0 Å². The molecule has 7 heteroatoms. The van der Waals surface area contributed by atoms with Crippen molar-refractivity contribution in [1.29, 1.82) is 0 Å². The van der Waals surface area contributed by atoms with Gasteiger partial charge in [-0.15, -0.1) is 0 Å². The molecule has 1 aromatic carbocycles. The monoisotopic (exact) mass is 409 g/mol. The molecular formula is C24H23N7. The van der Waals surface area contributed by atoms with Crippen LogP contribution in [0.25, 0.3) is 16.9 Å². The Morgan fingerprint density at radius 1 is 1.06 bits per heavy atom. The Kier molecular flexibility index (Phi) is 3.86. The number of hydrogen-bond donors (Lipinski definition) is 1. The minimum atomic E-state index is 0.374. The molecule has 31 heavy (non-hydrogen) atoms. The predicted molar refractivity (Wildman–Crippen MR) is 123 cm³/mol. The molecule has 1 N–H and O–H groups in total. The summed E-state index contributed by atoms with van der Waals surface area (Å²) >= 11 is 0. The van der Waals surface area contributed by atoms with Crippen LogP contribution in [0.5, 0.6) is 0 Å². The number of imidazole rings is 1. The lowest BCUT2D eigenvalue weighted by molar-refractivity contribution is 0.274. The van der Waals surface area contributed by atoms with Gasteiger partial charge in [-0.25, -0.2) is 15.0 Å². The van der Waals surface area contributed by atoms with Crippen molar-refractivity contribution >= 4 is 29.2 Å². The summed E-state index contributed by atoms with van der Waals surface area (Å²) in [5, 5.41) is 3.41. The molecule has 4 aromatic rings. The summed E-state index contributed by atoms with van der Waals surface area (Å²) in [5.74, 6) is 1.72. The Bertz CT molecular complexity index is 1310. The Balaban J connectivity index is 1.31. The average Bonchev–Trinajstić information content (AvgIpc) is 3.41. The second-order valence-electron chi connectivity index (χ2n) is 9.07. The van der Waals surface area contributed by atoms with E-state index in [2.05, 4.69) is 63.3 Å². The number of aromatic nitrogens is 4. The normalized spacial score (nSPS) is 16.4. The maximum absolute atomic E-state index is 4.89. The number of nitrogens with one attached hydrogen (secondary N) is 1.